The van der Waals surface area contributed by atoms with Gasteiger partial charge in [0.25, 0.3) is 0 Å². The molecule has 0 aliphatic carbocycles. The number of ether oxygens (including phenoxy) is 2. The Morgan fingerprint density at radius 2 is 1.70 bits per heavy atom. The van der Waals surface area contributed by atoms with E-state index in [1.807, 2.05) is 0 Å². The Kier molecular flexibility index (Phi) is 9.14. The molecule has 0 aromatic carbocycles. The van der Waals surface area contributed by atoms with E-state index >= 15 is 0 Å². The lowest BCUT2D eigenvalue weighted by atomic mass is 9.81. The Morgan fingerprint density at radius 3 is 2.10 bits per heavy atom. The molecular weight excluding hydrogens is 260 g/mol. The fourth-order valence-corrected chi connectivity index (χ4v) is 1.60. The third-order valence-electron chi connectivity index (χ3n) is 2.64. The van der Waals surface area contributed by atoms with E-state index in [2.05, 4.69) is 11.8 Å². The average Bonchev–Trinajstić information content (AvgIpc) is 2.43. The molecule has 0 heterocycles. The molecular formula is C15H22O5. The van der Waals surface area contributed by atoms with Gasteiger partial charge in [0.15, 0.2) is 5.41 Å². The van der Waals surface area contributed by atoms with Crippen molar-refractivity contribution in [2.24, 2.45) is 5.41 Å². The summed E-state index contributed by atoms with van der Waals surface area (Å²) < 4.78 is 10.00. The van der Waals surface area contributed by atoms with Crippen molar-refractivity contribution in [2.45, 2.75) is 33.6 Å². The summed E-state index contributed by atoms with van der Waals surface area (Å²) in [5.41, 5.74) is -1.47. The van der Waals surface area contributed by atoms with Crippen LogP contribution >= 0.6 is 0 Å². The maximum absolute atomic E-state index is 12.2. The van der Waals surface area contributed by atoms with E-state index < -0.39 is 17.4 Å². The second-order valence-electron chi connectivity index (χ2n) is 3.98. The van der Waals surface area contributed by atoms with Crippen molar-refractivity contribution in [1.82, 2.24) is 0 Å². The van der Waals surface area contributed by atoms with Crippen molar-refractivity contribution in [3.05, 3.63) is 12.2 Å². The van der Waals surface area contributed by atoms with Gasteiger partial charge >= 0.3 is 11.9 Å². The van der Waals surface area contributed by atoms with Gasteiger partial charge in [-0.3, -0.25) is 9.59 Å². The minimum atomic E-state index is -1.47. The first-order valence-corrected chi connectivity index (χ1v) is 6.58. The summed E-state index contributed by atoms with van der Waals surface area (Å²) in [5.74, 6) is 4.12. The van der Waals surface area contributed by atoms with Gasteiger partial charge in [0.05, 0.1) is 19.8 Å². The summed E-state index contributed by atoms with van der Waals surface area (Å²) in [6.45, 7) is 5.14. The Balaban J connectivity index is 5.46. The molecule has 0 aromatic rings. The van der Waals surface area contributed by atoms with Crippen LogP contribution in [0.1, 0.15) is 33.6 Å². The van der Waals surface area contributed by atoms with Crippen LogP contribution in [0.5, 0.6) is 0 Å². The van der Waals surface area contributed by atoms with Crippen molar-refractivity contribution < 1.29 is 24.2 Å². The van der Waals surface area contributed by atoms with Crippen LogP contribution in [0.4, 0.5) is 0 Å². The van der Waals surface area contributed by atoms with Crippen molar-refractivity contribution in [3.8, 4) is 11.8 Å². The number of rotatable bonds is 8. The number of aliphatic hydroxyl groups is 1. The molecule has 0 bridgehead atoms. The summed E-state index contributed by atoms with van der Waals surface area (Å²) in [7, 11) is 0. The molecule has 0 saturated carbocycles. The Bertz CT molecular complexity index is 382. The van der Waals surface area contributed by atoms with Crippen LogP contribution in [0.2, 0.25) is 0 Å². The van der Waals surface area contributed by atoms with E-state index in [4.69, 9.17) is 14.6 Å². The van der Waals surface area contributed by atoms with E-state index in [9.17, 15) is 9.59 Å². The molecule has 5 nitrogen and oxygen atoms in total. The molecule has 0 spiro atoms. The normalized spacial score (nSPS) is 10.8. The zero-order chi connectivity index (χ0) is 15.4. The maximum atomic E-state index is 12.2. The fraction of sp³-hybridized carbons (Fsp3) is 0.600. The van der Waals surface area contributed by atoms with Gasteiger partial charge in [0.2, 0.25) is 0 Å². The molecule has 0 aromatic heterocycles. The van der Waals surface area contributed by atoms with Gasteiger partial charge in [-0.05, 0) is 27.2 Å². The highest BCUT2D eigenvalue weighted by atomic mass is 16.6. The van der Waals surface area contributed by atoms with E-state index in [0.29, 0.717) is 0 Å². The average molecular weight is 282 g/mol. The molecule has 0 atom stereocenters. The number of esters is 2. The van der Waals surface area contributed by atoms with Gasteiger partial charge in [-0.2, -0.15) is 0 Å². The second kappa shape index (κ2) is 10.0. The number of carbonyl (C=O) groups excluding carboxylic acids is 2. The number of carbonyl (C=O) groups is 2. The first-order valence-electron chi connectivity index (χ1n) is 6.58. The molecule has 5 heteroatoms. The molecule has 0 saturated heterocycles. The van der Waals surface area contributed by atoms with E-state index in [1.54, 1.807) is 26.8 Å². The maximum Gasteiger partial charge on any atom is 0.324 e. The predicted molar refractivity (Wildman–Crippen MR) is 74.6 cm³/mol. The van der Waals surface area contributed by atoms with Gasteiger partial charge in [-0.1, -0.05) is 12.2 Å². The van der Waals surface area contributed by atoms with Crippen molar-refractivity contribution in [3.63, 3.8) is 0 Å². The number of allylic oxidation sites excluding steroid dienone is 1. The lowest BCUT2D eigenvalue weighted by Crippen LogP contribution is -2.41. The van der Waals surface area contributed by atoms with Crippen LogP contribution in [0.25, 0.3) is 0 Å². The minimum Gasteiger partial charge on any atom is -0.465 e. The molecule has 0 rings (SSSR count). The lowest BCUT2D eigenvalue weighted by Gasteiger charge is -2.26. The number of hydrogen-bond acceptors (Lipinski definition) is 5. The van der Waals surface area contributed by atoms with Gasteiger partial charge < -0.3 is 14.6 Å². The Labute approximate surface area is 120 Å². The number of aliphatic hydroxyl groups excluding tert-OH is 1. The second-order valence-corrected chi connectivity index (χ2v) is 3.98. The zero-order valence-corrected chi connectivity index (χ0v) is 12.3. The summed E-state index contributed by atoms with van der Waals surface area (Å²) in [6.07, 6.45) is 3.13. The summed E-state index contributed by atoms with van der Waals surface area (Å²) in [6, 6.07) is 0. The molecule has 1 N–H and O–H groups in total. The summed E-state index contributed by atoms with van der Waals surface area (Å²) in [4.78, 5) is 24.4. The highest BCUT2D eigenvalue weighted by molar-refractivity contribution is 6.00. The van der Waals surface area contributed by atoms with E-state index in [0.717, 1.165) is 0 Å². The summed E-state index contributed by atoms with van der Waals surface area (Å²) in [5, 5.41) is 8.78. The van der Waals surface area contributed by atoms with Crippen molar-refractivity contribution >= 4 is 11.9 Å². The molecule has 0 radical (unpaired) electrons. The largest absolute Gasteiger partial charge is 0.465 e. The fourth-order valence-electron chi connectivity index (χ4n) is 1.60. The Hall–Kier alpha value is -1.80. The highest BCUT2D eigenvalue weighted by Gasteiger charge is 2.47. The smallest absolute Gasteiger partial charge is 0.324 e. The van der Waals surface area contributed by atoms with E-state index in [1.165, 1.54) is 6.08 Å². The van der Waals surface area contributed by atoms with Crippen LogP contribution in [0.15, 0.2) is 12.2 Å². The number of hydrogen-bond donors (Lipinski definition) is 1. The Morgan fingerprint density at radius 1 is 1.15 bits per heavy atom. The molecule has 20 heavy (non-hydrogen) atoms. The molecule has 0 fully saturated rings. The molecule has 0 aliphatic rings. The molecule has 0 aliphatic heterocycles. The zero-order valence-electron chi connectivity index (χ0n) is 12.3. The van der Waals surface area contributed by atoms with Crippen LogP contribution in [0, 0.1) is 17.3 Å². The molecule has 0 unspecified atom stereocenters. The van der Waals surface area contributed by atoms with Crippen molar-refractivity contribution in [1.29, 1.82) is 0 Å². The highest BCUT2D eigenvalue weighted by Crippen LogP contribution is 2.31. The minimum absolute atomic E-state index is 0.0247. The predicted octanol–water partition coefficient (Wildman–Crippen LogP) is 1.45. The van der Waals surface area contributed by atoms with Crippen LogP contribution < -0.4 is 0 Å². The van der Waals surface area contributed by atoms with Gasteiger partial charge in [0.1, 0.15) is 0 Å². The molecule has 112 valence electrons. The van der Waals surface area contributed by atoms with Gasteiger partial charge in [0, 0.05) is 6.42 Å². The quantitative estimate of drug-likeness (QED) is 0.316. The first-order chi connectivity index (χ1) is 9.58. The summed E-state index contributed by atoms with van der Waals surface area (Å²) >= 11 is 0. The topological polar surface area (TPSA) is 72.8 Å². The van der Waals surface area contributed by atoms with Crippen molar-refractivity contribution in [2.75, 3.05) is 19.8 Å². The van der Waals surface area contributed by atoms with Gasteiger partial charge in [-0.25, -0.2) is 0 Å². The first kappa shape index (κ1) is 18.2. The van der Waals surface area contributed by atoms with Crippen LogP contribution in [-0.4, -0.2) is 36.9 Å². The van der Waals surface area contributed by atoms with Gasteiger partial charge in [-0.15, -0.1) is 11.8 Å². The monoisotopic (exact) mass is 282 g/mol. The molecule has 0 amide bonds. The van der Waals surface area contributed by atoms with E-state index in [-0.39, 0.29) is 32.7 Å². The third kappa shape index (κ3) is 5.06. The van der Waals surface area contributed by atoms with Crippen LogP contribution in [0.3, 0.4) is 0 Å². The lowest BCUT2D eigenvalue weighted by molar-refractivity contribution is -0.171. The van der Waals surface area contributed by atoms with Crippen LogP contribution in [-0.2, 0) is 19.1 Å². The SMILES string of the molecule is CC#CCC(C/C=C/CO)(C(=O)OCC)C(=O)OCC. The standard InChI is InChI=1S/C15H22O5/c1-4-7-10-15(11-8-9-12-16,13(17)19-5-2)14(18)20-6-3/h8-9,16H,5-6,10-12H2,1-3H3/b9-8+. The third-order valence-corrected chi connectivity index (χ3v) is 2.64.